The number of benzene rings is 1. The SMILES string of the molecule is NCCCC1COC(=O)N1c1ccccc1C(F)(F)F. The standard InChI is InChI=1S/C13H15F3N2O2/c14-13(15,16)10-5-1-2-6-11(10)18-9(4-3-7-17)8-20-12(18)19/h1-2,5-6,9H,3-4,7-8,17H2. The van der Waals surface area contributed by atoms with Crippen LogP contribution in [0, 0.1) is 0 Å². The first-order chi connectivity index (χ1) is 9.45. The van der Waals surface area contributed by atoms with Crippen LogP contribution >= 0.6 is 0 Å². The van der Waals surface area contributed by atoms with Gasteiger partial charge in [0.05, 0.1) is 17.3 Å². The monoisotopic (exact) mass is 288 g/mol. The number of carbonyl (C=O) groups excluding carboxylic acids is 1. The van der Waals surface area contributed by atoms with E-state index in [0.717, 1.165) is 11.0 Å². The molecule has 1 aliphatic rings. The molecule has 20 heavy (non-hydrogen) atoms. The Kier molecular flexibility index (Phi) is 4.17. The molecule has 1 aromatic carbocycles. The normalized spacial score (nSPS) is 19.3. The highest BCUT2D eigenvalue weighted by molar-refractivity contribution is 5.91. The third-order valence-corrected chi connectivity index (χ3v) is 3.17. The lowest BCUT2D eigenvalue weighted by atomic mass is 10.1. The molecule has 2 N–H and O–H groups in total. The summed E-state index contributed by atoms with van der Waals surface area (Å²) in [5.74, 6) is 0. The molecular weight excluding hydrogens is 273 g/mol. The zero-order chi connectivity index (χ0) is 14.8. The fourth-order valence-corrected chi connectivity index (χ4v) is 2.25. The van der Waals surface area contributed by atoms with Crippen LogP contribution in [0.15, 0.2) is 24.3 Å². The van der Waals surface area contributed by atoms with E-state index < -0.39 is 23.9 Å². The van der Waals surface area contributed by atoms with Crippen LogP contribution in [0.4, 0.5) is 23.7 Å². The zero-order valence-electron chi connectivity index (χ0n) is 10.7. The second-order valence-electron chi connectivity index (χ2n) is 4.55. The molecule has 0 saturated carbocycles. The molecule has 1 atom stereocenters. The molecule has 1 aliphatic heterocycles. The Bertz CT molecular complexity index is 491. The van der Waals surface area contributed by atoms with Crippen molar-refractivity contribution in [3.63, 3.8) is 0 Å². The molecule has 1 unspecified atom stereocenters. The number of hydrogen-bond acceptors (Lipinski definition) is 3. The highest BCUT2D eigenvalue weighted by Gasteiger charge is 2.40. The topological polar surface area (TPSA) is 55.6 Å². The van der Waals surface area contributed by atoms with Crippen molar-refractivity contribution in [2.24, 2.45) is 5.73 Å². The van der Waals surface area contributed by atoms with Gasteiger partial charge in [0, 0.05) is 0 Å². The maximum Gasteiger partial charge on any atom is 0.418 e. The summed E-state index contributed by atoms with van der Waals surface area (Å²) in [5, 5.41) is 0. The van der Waals surface area contributed by atoms with Crippen molar-refractivity contribution in [3.8, 4) is 0 Å². The second-order valence-corrected chi connectivity index (χ2v) is 4.55. The van der Waals surface area contributed by atoms with Crippen LogP contribution in [0.1, 0.15) is 18.4 Å². The lowest BCUT2D eigenvalue weighted by Gasteiger charge is -2.24. The van der Waals surface area contributed by atoms with Gasteiger partial charge in [-0.2, -0.15) is 13.2 Å². The maximum atomic E-state index is 13.0. The Morgan fingerprint density at radius 2 is 2.05 bits per heavy atom. The molecule has 0 bridgehead atoms. The molecule has 1 saturated heterocycles. The number of para-hydroxylation sites is 1. The van der Waals surface area contributed by atoms with Crippen LogP contribution < -0.4 is 10.6 Å². The smallest absolute Gasteiger partial charge is 0.418 e. The Hall–Kier alpha value is -1.76. The number of nitrogens with two attached hydrogens (primary N) is 1. The fourth-order valence-electron chi connectivity index (χ4n) is 2.25. The summed E-state index contributed by atoms with van der Waals surface area (Å²) in [6, 6.07) is 4.60. The van der Waals surface area contributed by atoms with Crippen molar-refractivity contribution in [1.29, 1.82) is 0 Å². The number of cyclic esters (lactones) is 1. The van der Waals surface area contributed by atoms with E-state index >= 15 is 0 Å². The molecule has 1 amide bonds. The first kappa shape index (κ1) is 14.6. The Balaban J connectivity index is 2.36. The maximum absolute atomic E-state index is 13.0. The summed E-state index contributed by atoms with van der Waals surface area (Å²) in [7, 11) is 0. The largest absolute Gasteiger partial charge is 0.447 e. The summed E-state index contributed by atoms with van der Waals surface area (Å²) >= 11 is 0. The van der Waals surface area contributed by atoms with E-state index in [1.807, 2.05) is 0 Å². The first-order valence-electron chi connectivity index (χ1n) is 6.27. The number of amides is 1. The Morgan fingerprint density at radius 1 is 1.35 bits per heavy atom. The van der Waals surface area contributed by atoms with Gasteiger partial charge in [0.1, 0.15) is 6.61 Å². The Labute approximate surface area is 114 Å². The van der Waals surface area contributed by atoms with E-state index in [4.69, 9.17) is 10.5 Å². The predicted molar refractivity (Wildman–Crippen MR) is 67.3 cm³/mol. The van der Waals surface area contributed by atoms with Gasteiger partial charge in [0.15, 0.2) is 0 Å². The molecule has 1 heterocycles. The molecular formula is C13H15F3N2O2. The number of nitrogens with zero attached hydrogens (tertiary/aromatic N) is 1. The average molecular weight is 288 g/mol. The number of ether oxygens (including phenoxy) is 1. The van der Waals surface area contributed by atoms with Gasteiger partial charge < -0.3 is 10.5 Å². The van der Waals surface area contributed by atoms with Crippen molar-refractivity contribution in [2.75, 3.05) is 18.1 Å². The van der Waals surface area contributed by atoms with Gasteiger partial charge in [-0.25, -0.2) is 4.79 Å². The minimum absolute atomic E-state index is 0.0883. The summed E-state index contributed by atoms with van der Waals surface area (Å²) in [6.07, 6.45) is -4.14. The molecule has 0 aromatic heterocycles. The summed E-state index contributed by atoms with van der Waals surface area (Å²) in [5.41, 5.74) is 4.40. The molecule has 0 spiro atoms. The van der Waals surface area contributed by atoms with Crippen LogP contribution in [0.3, 0.4) is 0 Å². The number of rotatable bonds is 4. The van der Waals surface area contributed by atoms with Gasteiger partial charge in [0.2, 0.25) is 0 Å². The van der Waals surface area contributed by atoms with Gasteiger partial charge in [-0.15, -0.1) is 0 Å². The van der Waals surface area contributed by atoms with Gasteiger partial charge in [0.25, 0.3) is 0 Å². The third kappa shape index (κ3) is 2.87. The van der Waals surface area contributed by atoms with E-state index in [9.17, 15) is 18.0 Å². The van der Waals surface area contributed by atoms with Crippen LogP contribution in [0.2, 0.25) is 0 Å². The number of halogens is 3. The van der Waals surface area contributed by atoms with Crippen molar-refractivity contribution in [2.45, 2.75) is 25.1 Å². The summed E-state index contributed by atoms with van der Waals surface area (Å²) < 4.78 is 43.9. The van der Waals surface area contributed by atoms with E-state index in [0.29, 0.717) is 19.4 Å². The first-order valence-corrected chi connectivity index (χ1v) is 6.27. The second kappa shape index (κ2) is 5.70. The van der Waals surface area contributed by atoms with Crippen molar-refractivity contribution >= 4 is 11.8 Å². The molecule has 2 rings (SSSR count). The fraction of sp³-hybridized carbons (Fsp3) is 0.462. The zero-order valence-corrected chi connectivity index (χ0v) is 10.7. The van der Waals surface area contributed by atoms with Crippen molar-refractivity contribution < 1.29 is 22.7 Å². The highest BCUT2D eigenvalue weighted by atomic mass is 19.4. The molecule has 0 radical (unpaired) electrons. The van der Waals surface area contributed by atoms with Gasteiger partial charge in [-0.1, -0.05) is 12.1 Å². The lowest BCUT2D eigenvalue weighted by molar-refractivity contribution is -0.137. The highest BCUT2D eigenvalue weighted by Crippen LogP contribution is 2.38. The summed E-state index contributed by atoms with van der Waals surface area (Å²) in [4.78, 5) is 12.8. The minimum Gasteiger partial charge on any atom is -0.447 e. The van der Waals surface area contributed by atoms with E-state index in [-0.39, 0.29) is 12.3 Å². The number of anilines is 1. The molecule has 110 valence electrons. The minimum atomic E-state index is -4.52. The quantitative estimate of drug-likeness (QED) is 0.927. The molecule has 0 aliphatic carbocycles. The van der Waals surface area contributed by atoms with Crippen LogP contribution in [-0.4, -0.2) is 25.3 Å². The van der Waals surface area contributed by atoms with Crippen LogP contribution in [0.25, 0.3) is 0 Å². The predicted octanol–water partition coefficient (Wildman–Crippen LogP) is 2.77. The Morgan fingerprint density at radius 3 is 2.70 bits per heavy atom. The summed E-state index contributed by atoms with van der Waals surface area (Å²) in [6.45, 7) is 0.504. The van der Waals surface area contributed by atoms with Gasteiger partial charge >= 0.3 is 12.3 Å². The van der Waals surface area contributed by atoms with Gasteiger partial charge in [-0.3, -0.25) is 4.90 Å². The van der Waals surface area contributed by atoms with E-state index in [1.165, 1.54) is 18.2 Å². The molecule has 1 aromatic rings. The number of carbonyl (C=O) groups is 1. The molecule has 1 fully saturated rings. The van der Waals surface area contributed by atoms with E-state index in [1.54, 1.807) is 0 Å². The van der Waals surface area contributed by atoms with Crippen LogP contribution in [0.5, 0.6) is 0 Å². The van der Waals surface area contributed by atoms with Crippen molar-refractivity contribution in [3.05, 3.63) is 29.8 Å². The molecule has 4 nitrogen and oxygen atoms in total. The number of hydrogen-bond donors (Lipinski definition) is 1. The van der Waals surface area contributed by atoms with E-state index in [2.05, 4.69) is 0 Å². The number of alkyl halides is 3. The third-order valence-electron chi connectivity index (χ3n) is 3.17. The van der Waals surface area contributed by atoms with Crippen LogP contribution in [-0.2, 0) is 10.9 Å². The molecule has 7 heteroatoms. The van der Waals surface area contributed by atoms with Gasteiger partial charge in [-0.05, 0) is 31.5 Å². The van der Waals surface area contributed by atoms with Crippen molar-refractivity contribution in [1.82, 2.24) is 0 Å². The average Bonchev–Trinajstić information content (AvgIpc) is 2.76. The lowest BCUT2D eigenvalue weighted by Crippen LogP contribution is -2.35.